The lowest BCUT2D eigenvalue weighted by Crippen LogP contribution is -2.24. The summed E-state index contributed by atoms with van der Waals surface area (Å²) < 4.78 is 19.4. The van der Waals surface area contributed by atoms with E-state index in [4.69, 9.17) is 4.74 Å². The zero-order valence-electron chi connectivity index (χ0n) is 13.5. The Hall–Kier alpha value is -2.82. The van der Waals surface area contributed by atoms with Gasteiger partial charge in [0, 0.05) is 17.0 Å². The van der Waals surface area contributed by atoms with Crippen molar-refractivity contribution in [3.8, 4) is 0 Å². The van der Waals surface area contributed by atoms with Crippen LogP contribution in [-0.4, -0.2) is 24.1 Å². The van der Waals surface area contributed by atoms with Crippen LogP contribution in [0.25, 0.3) is 0 Å². The Morgan fingerprint density at radius 1 is 1.04 bits per heavy atom. The van der Waals surface area contributed by atoms with Gasteiger partial charge in [0.05, 0.1) is 12.5 Å². The van der Waals surface area contributed by atoms with Gasteiger partial charge >= 0.3 is 5.97 Å². The molecule has 1 spiro atoms. The molecule has 1 saturated carbocycles. The minimum absolute atomic E-state index is 0.130. The molecule has 0 amide bonds. The van der Waals surface area contributed by atoms with Crippen LogP contribution >= 0.6 is 0 Å². The molecule has 2 aliphatic rings. The first-order valence-corrected chi connectivity index (χ1v) is 8.14. The Labute approximate surface area is 143 Å². The lowest BCUT2D eigenvalue weighted by Gasteiger charge is -2.07. The van der Waals surface area contributed by atoms with Crippen LogP contribution in [0.1, 0.15) is 39.1 Å². The van der Waals surface area contributed by atoms with Crippen molar-refractivity contribution in [2.75, 3.05) is 6.61 Å². The van der Waals surface area contributed by atoms with E-state index in [0.29, 0.717) is 11.1 Å². The first-order chi connectivity index (χ1) is 12.0. The standard InChI is InChI=1S/C20H15FO4/c1-2-25-19(24)16-15(13-9-5-6-10-14(13)21)20(16)17(22)11-7-3-4-8-12(11)18(20)23/h3-10,15-16H,2H2,1H3/t15-,16+/m0/s1. The molecule has 4 nitrogen and oxygen atoms in total. The van der Waals surface area contributed by atoms with Crippen LogP contribution in [-0.2, 0) is 9.53 Å². The van der Waals surface area contributed by atoms with Crippen molar-refractivity contribution < 1.29 is 23.5 Å². The van der Waals surface area contributed by atoms with Gasteiger partial charge in [-0.3, -0.25) is 14.4 Å². The minimum Gasteiger partial charge on any atom is -0.466 e. The number of ether oxygens (including phenoxy) is 1. The molecule has 0 heterocycles. The van der Waals surface area contributed by atoms with Crippen LogP contribution < -0.4 is 0 Å². The third-order valence-electron chi connectivity index (χ3n) is 5.15. The number of hydrogen-bond acceptors (Lipinski definition) is 4. The van der Waals surface area contributed by atoms with Gasteiger partial charge in [-0.1, -0.05) is 42.5 Å². The number of ketones is 2. The predicted octanol–water partition coefficient (Wildman–Crippen LogP) is 3.17. The molecular formula is C20H15FO4. The summed E-state index contributed by atoms with van der Waals surface area (Å²) in [7, 11) is 0. The van der Waals surface area contributed by atoms with Crippen molar-refractivity contribution in [3.05, 3.63) is 71.0 Å². The summed E-state index contributed by atoms with van der Waals surface area (Å²) in [6.45, 7) is 1.78. The highest BCUT2D eigenvalue weighted by Crippen LogP contribution is 2.70. The van der Waals surface area contributed by atoms with Crippen molar-refractivity contribution >= 4 is 17.5 Å². The summed E-state index contributed by atoms with van der Waals surface area (Å²) in [5, 5.41) is 0. The number of hydrogen-bond donors (Lipinski definition) is 0. The number of rotatable bonds is 3. The second-order valence-electron chi connectivity index (χ2n) is 6.30. The molecule has 0 aliphatic heterocycles. The Kier molecular flexibility index (Phi) is 3.35. The molecule has 1 fully saturated rings. The fourth-order valence-electron chi connectivity index (χ4n) is 4.09. The molecule has 2 aromatic carbocycles. The quantitative estimate of drug-likeness (QED) is 0.637. The third-order valence-corrected chi connectivity index (χ3v) is 5.15. The van der Waals surface area contributed by atoms with Crippen molar-refractivity contribution in [3.63, 3.8) is 0 Å². The first-order valence-electron chi connectivity index (χ1n) is 8.14. The number of carbonyl (C=O) groups is 3. The molecule has 0 aromatic heterocycles. The van der Waals surface area contributed by atoms with E-state index in [1.807, 2.05) is 0 Å². The molecule has 2 aromatic rings. The molecule has 0 radical (unpaired) electrons. The monoisotopic (exact) mass is 338 g/mol. The summed E-state index contributed by atoms with van der Waals surface area (Å²) in [5.41, 5.74) is -0.783. The Bertz CT molecular complexity index is 882. The number of esters is 1. The number of fused-ring (bicyclic) bond motifs is 1. The average Bonchev–Trinajstić information content (AvgIpc) is 3.26. The minimum atomic E-state index is -1.57. The molecule has 5 heteroatoms. The predicted molar refractivity (Wildman–Crippen MR) is 86.8 cm³/mol. The maximum atomic E-state index is 14.3. The summed E-state index contributed by atoms with van der Waals surface area (Å²) in [5.74, 6) is -3.82. The maximum absolute atomic E-state index is 14.3. The molecule has 4 rings (SSSR count). The average molecular weight is 338 g/mol. The van der Waals surface area contributed by atoms with E-state index in [1.54, 1.807) is 37.3 Å². The van der Waals surface area contributed by atoms with Gasteiger partial charge < -0.3 is 4.74 Å². The number of halogens is 1. The van der Waals surface area contributed by atoms with E-state index in [1.165, 1.54) is 18.2 Å². The SMILES string of the molecule is CCOC(=O)[C@H]1[C@H](c2ccccc2F)C12C(=O)c1ccccc1C2=O. The Morgan fingerprint density at radius 3 is 2.16 bits per heavy atom. The fraction of sp³-hybridized carbons (Fsp3) is 0.250. The highest BCUT2D eigenvalue weighted by Gasteiger charge is 2.80. The van der Waals surface area contributed by atoms with Crippen LogP contribution in [0.5, 0.6) is 0 Å². The molecule has 0 bridgehead atoms. The smallest absolute Gasteiger partial charge is 0.311 e. The van der Waals surface area contributed by atoms with Gasteiger partial charge in [0.15, 0.2) is 11.6 Å². The number of carbonyl (C=O) groups excluding carboxylic acids is 3. The van der Waals surface area contributed by atoms with Crippen molar-refractivity contribution in [2.45, 2.75) is 12.8 Å². The molecule has 25 heavy (non-hydrogen) atoms. The second-order valence-corrected chi connectivity index (χ2v) is 6.30. The Balaban J connectivity index is 1.88. The zero-order chi connectivity index (χ0) is 17.8. The third kappa shape index (κ3) is 1.89. The molecule has 2 atom stereocenters. The van der Waals surface area contributed by atoms with E-state index < -0.39 is 40.6 Å². The number of benzene rings is 2. The largest absolute Gasteiger partial charge is 0.466 e. The first kappa shape index (κ1) is 15.7. The van der Waals surface area contributed by atoms with Crippen LogP contribution in [0, 0.1) is 17.2 Å². The van der Waals surface area contributed by atoms with Crippen LogP contribution in [0.15, 0.2) is 48.5 Å². The molecule has 2 aliphatic carbocycles. The van der Waals surface area contributed by atoms with E-state index in [9.17, 15) is 18.8 Å². The van der Waals surface area contributed by atoms with Gasteiger partial charge in [-0.15, -0.1) is 0 Å². The van der Waals surface area contributed by atoms with Crippen LogP contribution in [0.4, 0.5) is 4.39 Å². The lowest BCUT2D eigenvalue weighted by molar-refractivity contribution is -0.145. The highest BCUT2D eigenvalue weighted by molar-refractivity contribution is 6.34. The normalized spacial score (nSPS) is 22.8. The molecule has 0 N–H and O–H groups in total. The summed E-state index contributed by atoms with van der Waals surface area (Å²) in [4.78, 5) is 38.6. The van der Waals surface area contributed by atoms with E-state index >= 15 is 0 Å². The summed E-state index contributed by atoms with van der Waals surface area (Å²) in [6.07, 6.45) is 0. The van der Waals surface area contributed by atoms with E-state index in [-0.39, 0.29) is 12.2 Å². The lowest BCUT2D eigenvalue weighted by atomic mass is 9.93. The van der Waals surface area contributed by atoms with Gasteiger partial charge in [0.1, 0.15) is 11.2 Å². The zero-order valence-corrected chi connectivity index (χ0v) is 13.5. The molecular weight excluding hydrogens is 323 g/mol. The van der Waals surface area contributed by atoms with Crippen molar-refractivity contribution in [2.24, 2.45) is 11.3 Å². The van der Waals surface area contributed by atoms with Gasteiger partial charge in [0.25, 0.3) is 0 Å². The van der Waals surface area contributed by atoms with Crippen molar-refractivity contribution in [1.29, 1.82) is 0 Å². The fourth-order valence-corrected chi connectivity index (χ4v) is 4.09. The topological polar surface area (TPSA) is 60.4 Å². The van der Waals surface area contributed by atoms with Crippen LogP contribution in [0.2, 0.25) is 0 Å². The second kappa shape index (κ2) is 5.34. The van der Waals surface area contributed by atoms with Gasteiger partial charge in [-0.2, -0.15) is 0 Å². The van der Waals surface area contributed by atoms with E-state index in [0.717, 1.165) is 0 Å². The van der Waals surface area contributed by atoms with Gasteiger partial charge in [-0.05, 0) is 18.6 Å². The van der Waals surface area contributed by atoms with E-state index in [2.05, 4.69) is 0 Å². The summed E-state index contributed by atoms with van der Waals surface area (Å²) in [6, 6.07) is 12.4. The molecule has 0 saturated heterocycles. The highest BCUT2D eigenvalue weighted by atomic mass is 19.1. The van der Waals surface area contributed by atoms with Gasteiger partial charge in [-0.25, -0.2) is 4.39 Å². The van der Waals surface area contributed by atoms with Gasteiger partial charge in [0.2, 0.25) is 0 Å². The molecule has 0 unspecified atom stereocenters. The Morgan fingerprint density at radius 2 is 1.60 bits per heavy atom. The van der Waals surface area contributed by atoms with Crippen molar-refractivity contribution in [1.82, 2.24) is 0 Å². The van der Waals surface area contributed by atoms with Crippen LogP contribution in [0.3, 0.4) is 0 Å². The molecule has 126 valence electrons. The number of Topliss-reactive ketones (excluding diaryl/α,β-unsaturated/α-hetero) is 2. The maximum Gasteiger partial charge on any atom is 0.311 e. The summed E-state index contributed by atoms with van der Waals surface area (Å²) >= 11 is 0.